The van der Waals surface area contributed by atoms with Gasteiger partial charge in [-0.15, -0.1) is 0 Å². The van der Waals surface area contributed by atoms with Crippen molar-refractivity contribution in [2.24, 2.45) is 0 Å². The molecule has 18 heavy (non-hydrogen) atoms. The molecule has 1 aromatic carbocycles. The molecular weight excluding hydrogens is 222 g/mol. The monoisotopic (exact) mass is 235 g/mol. The number of pyridine rings is 1. The van der Waals surface area contributed by atoms with Gasteiger partial charge in [0.2, 0.25) is 0 Å². The van der Waals surface area contributed by atoms with Crippen LogP contribution >= 0.6 is 0 Å². The molecule has 3 heteroatoms. The van der Waals surface area contributed by atoms with Crippen molar-refractivity contribution in [2.75, 3.05) is 11.9 Å². The van der Waals surface area contributed by atoms with Gasteiger partial charge < -0.3 is 5.32 Å². The molecule has 1 aliphatic rings. The minimum Gasteiger partial charge on any atom is -0.383 e. The average Bonchev–Trinajstić information content (AvgIpc) is 2.40. The van der Waals surface area contributed by atoms with Crippen molar-refractivity contribution in [1.29, 1.82) is 5.26 Å². The summed E-state index contributed by atoms with van der Waals surface area (Å²) in [7, 11) is 0. The molecule has 0 amide bonds. The van der Waals surface area contributed by atoms with Crippen molar-refractivity contribution in [3.63, 3.8) is 0 Å². The molecule has 1 unspecified atom stereocenters. The maximum absolute atomic E-state index is 8.67. The molecule has 0 radical (unpaired) electrons. The molecule has 1 heterocycles. The van der Waals surface area contributed by atoms with E-state index in [0.717, 1.165) is 18.7 Å². The fraction of sp³-hybridized carbons (Fsp3) is 0.200. The topological polar surface area (TPSA) is 48.7 Å². The number of hydrogen-bond donors (Lipinski definition) is 1. The molecule has 0 aliphatic heterocycles. The summed E-state index contributed by atoms with van der Waals surface area (Å²) in [5, 5.41) is 12.0. The van der Waals surface area contributed by atoms with Crippen LogP contribution in [-0.4, -0.2) is 11.5 Å². The molecule has 1 aromatic heterocycles. The number of nitrogens with zero attached hydrogens (tertiary/aromatic N) is 2. The summed E-state index contributed by atoms with van der Waals surface area (Å²) in [6, 6.07) is 14.2. The van der Waals surface area contributed by atoms with E-state index in [-0.39, 0.29) is 0 Å². The lowest BCUT2D eigenvalue weighted by Gasteiger charge is -2.30. The maximum Gasteiger partial charge on any atom is 0.140 e. The first-order chi connectivity index (χ1) is 8.86. The van der Waals surface area contributed by atoms with Crippen LogP contribution < -0.4 is 5.32 Å². The van der Waals surface area contributed by atoms with Crippen LogP contribution in [0.2, 0.25) is 0 Å². The summed E-state index contributed by atoms with van der Waals surface area (Å²) in [5.74, 6) is 0.594. The summed E-state index contributed by atoms with van der Waals surface area (Å²) < 4.78 is 0. The van der Waals surface area contributed by atoms with E-state index in [1.165, 1.54) is 11.1 Å². The molecule has 2 aromatic rings. The normalized spacial score (nSPS) is 16.3. The molecule has 1 aliphatic carbocycles. The molecule has 0 spiro atoms. The van der Waals surface area contributed by atoms with Crippen LogP contribution in [0.15, 0.2) is 42.6 Å². The zero-order valence-corrected chi connectivity index (χ0v) is 9.93. The molecule has 1 N–H and O–H groups in total. The van der Waals surface area contributed by atoms with E-state index in [1.807, 2.05) is 12.1 Å². The highest BCUT2D eigenvalue weighted by atomic mass is 14.9. The van der Waals surface area contributed by atoms with Crippen molar-refractivity contribution in [1.82, 2.24) is 4.98 Å². The van der Waals surface area contributed by atoms with Gasteiger partial charge in [0.1, 0.15) is 11.8 Å². The molecular formula is C15H13N3. The highest BCUT2D eigenvalue weighted by molar-refractivity contribution is 5.46. The van der Waals surface area contributed by atoms with Gasteiger partial charge in [-0.1, -0.05) is 24.3 Å². The number of fused-ring (bicyclic) bond motifs is 1. The second-order valence-electron chi connectivity index (χ2n) is 4.52. The molecule has 0 saturated heterocycles. The van der Waals surface area contributed by atoms with E-state index >= 15 is 0 Å². The third kappa shape index (κ3) is 1.93. The van der Waals surface area contributed by atoms with Crippen molar-refractivity contribution in [2.45, 2.75) is 12.3 Å². The van der Waals surface area contributed by atoms with Crippen LogP contribution in [0.3, 0.4) is 0 Å². The number of nitriles is 1. The third-order valence-electron chi connectivity index (χ3n) is 3.39. The van der Waals surface area contributed by atoms with Crippen molar-refractivity contribution < 1.29 is 0 Å². The summed E-state index contributed by atoms with van der Waals surface area (Å²) in [6.07, 6.45) is 2.86. The van der Waals surface area contributed by atoms with Crippen molar-refractivity contribution >= 4 is 5.69 Å². The van der Waals surface area contributed by atoms with Gasteiger partial charge in [0.25, 0.3) is 0 Å². The van der Waals surface area contributed by atoms with Crippen LogP contribution in [0, 0.1) is 11.3 Å². The fourth-order valence-electron chi connectivity index (χ4n) is 2.35. The van der Waals surface area contributed by atoms with Gasteiger partial charge in [-0.05, 0) is 29.7 Å². The lowest BCUT2D eigenvalue weighted by atomic mass is 9.77. The Labute approximate surface area is 106 Å². The lowest BCUT2D eigenvalue weighted by molar-refractivity contribution is 0.635. The summed E-state index contributed by atoms with van der Waals surface area (Å²) >= 11 is 0. The Morgan fingerprint density at radius 3 is 2.89 bits per heavy atom. The van der Waals surface area contributed by atoms with E-state index in [9.17, 15) is 0 Å². The van der Waals surface area contributed by atoms with E-state index in [1.54, 1.807) is 12.3 Å². The van der Waals surface area contributed by atoms with E-state index in [4.69, 9.17) is 5.26 Å². The Balaban J connectivity index is 1.61. The van der Waals surface area contributed by atoms with Gasteiger partial charge >= 0.3 is 0 Å². The molecule has 3 rings (SSSR count). The van der Waals surface area contributed by atoms with Crippen LogP contribution in [0.4, 0.5) is 5.69 Å². The SMILES string of the molecule is N#Cc1ccc(NCC2Cc3ccccc32)cn1. The molecule has 88 valence electrons. The minimum atomic E-state index is 0.453. The van der Waals surface area contributed by atoms with Crippen molar-refractivity contribution in [3.05, 3.63) is 59.4 Å². The van der Waals surface area contributed by atoms with Crippen LogP contribution in [0.25, 0.3) is 0 Å². The van der Waals surface area contributed by atoms with Gasteiger partial charge in [-0.3, -0.25) is 0 Å². The number of benzene rings is 1. The molecule has 3 nitrogen and oxygen atoms in total. The predicted octanol–water partition coefficient (Wildman–Crippen LogP) is 2.71. The van der Waals surface area contributed by atoms with E-state index in [2.05, 4.69) is 34.6 Å². The summed E-state index contributed by atoms with van der Waals surface area (Å²) in [6.45, 7) is 0.921. The first-order valence-electron chi connectivity index (χ1n) is 6.04. The van der Waals surface area contributed by atoms with Gasteiger partial charge in [0, 0.05) is 12.5 Å². The number of nitrogens with one attached hydrogen (secondary N) is 1. The zero-order valence-electron chi connectivity index (χ0n) is 9.93. The van der Waals surface area contributed by atoms with Gasteiger partial charge in [0.15, 0.2) is 0 Å². The van der Waals surface area contributed by atoms with E-state index < -0.39 is 0 Å². The van der Waals surface area contributed by atoms with Crippen LogP contribution in [-0.2, 0) is 6.42 Å². The second kappa shape index (κ2) is 4.50. The van der Waals surface area contributed by atoms with Crippen LogP contribution in [0.5, 0.6) is 0 Å². The smallest absolute Gasteiger partial charge is 0.140 e. The Hall–Kier alpha value is -2.34. The summed E-state index contributed by atoms with van der Waals surface area (Å²) in [4.78, 5) is 4.04. The summed E-state index contributed by atoms with van der Waals surface area (Å²) in [5.41, 5.74) is 4.33. The minimum absolute atomic E-state index is 0.453. The Kier molecular flexibility index (Phi) is 2.70. The molecule has 0 bridgehead atoms. The molecule has 0 fully saturated rings. The maximum atomic E-state index is 8.67. The fourth-order valence-corrected chi connectivity index (χ4v) is 2.35. The van der Waals surface area contributed by atoms with Crippen molar-refractivity contribution in [3.8, 4) is 6.07 Å². The predicted molar refractivity (Wildman–Crippen MR) is 70.3 cm³/mol. The number of hydrogen-bond acceptors (Lipinski definition) is 3. The number of anilines is 1. The Morgan fingerprint density at radius 2 is 2.17 bits per heavy atom. The van der Waals surface area contributed by atoms with E-state index in [0.29, 0.717) is 11.6 Å². The number of aromatic nitrogens is 1. The largest absolute Gasteiger partial charge is 0.383 e. The highest BCUT2D eigenvalue weighted by Crippen LogP contribution is 2.34. The Morgan fingerprint density at radius 1 is 1.28 bits per heavy atom. The van der Waals surface area contributed by atoms with Gasteiger partial charge in [-0.2, -0.15) is 5.26 Å². The first kappa shape index (κ1) is 10.8. The highest BCUT2D eigenvalue weighted by Gasteiger charge is 2.24. The Bertz CT molecular complexity index is 596. The quantitative estimate of drug-likeness (QED) is 0.889. The van der Waals surface area contributed by atoms with Gasteiger partial charge in [0.05, 0.1) is 11.9 Å². The average molecular weight is 235 g/mol. The molecule has 1 atom stereocenters. The zero-order chi connectivity index (χ0) is 12.4. The standard InChI is InChI=1S/C15H13N3/c16-8-13-5-6-14(10-18-13)17-9-12-7-11-3-1-2-4-15(11)12/h1-6,10,12,17H,7,9H2. The number of rotatable bonds is 3. The third-order valence-corrected chi connectivity index (χ3v) is 3.39. The second-order valence-corrected chi connectivity index (χ2v) is 4.52. The lowest BCUT2D eigenvalue weighted by Crippen LogP contribution is -2.24. The van der Waals surface area contributed by atoms with Crippen LogP contribution in [0.1, 0.15) is 22.7 Å². The molecule has 0 saturated carbocycles. The van der Waals surface area contributed by atoms with Gasteiger partial charge in [-0.25, -0.2) is 4.98 Å². The first-order valence-corrected chi connectivity index (χ1v) is 6.04.